The van der Waals surface area contributed by atoms with E-state index in [0.717, 1.165) is 31.9 Å². The Morgan fingerprint density at radius 3 is 2.57 bits per heavy atom. The molecule has 4 heteroatoms. The minimum absolute atomic E-state index is 0.808. The SMILES string of the molecule is CCc1ccccc1CNC(=NC)NCCc1cccs1. The van der Waals surface area contributed by atoms with Crippen LogP contribution in [0.25, 0.3) is 0 Å². The van der Waals surface area contributed by atoms with Crippen molar-refractivity contribution in [3.8, 4) is 0 Å². The van der Waals surface area contributed by atoms with Crippen LogP contribution < -0.4 is 10.6 Å². The maximum Gasteiger partial charge on any atom is 0.191 e. The van der Waals surface area contributed by atoms with Crippen molar-refractivity contribution in [3.63, 3.8) is 0 Å². The molecule has 0 aliphatic heterocycles. The van der Waals surface area contributed by atoms with Crippen molar-refractivity contribution >= 4 is 17.3 Å². The molecule has 0 saturated heterocycles. The Labute approximate surface area is 131 Å². The largest absolute Gasteiger partial charge is 0.356 e. The molecule has 0 aliphatic carbocycles. The predicted octanol–water partition coefficient (Wildman–Crippen LogP) is 3.22. The first-order valence-corrected chi connectivity index (χ1v) is 8.25. The molecule has 0 saturated carbocycles. The summed E-state index contributed by atoms with van der Waals surface area (Å²) in [5.74, 6) is 0.859. The van der Waals surface area contributed by atoms with E-state index in [4.69, 9.17) is 0 Å². The van der Waals surface area contributed by atoms with Crippen molar-refractivity contribution in [1.29, 1.82) is 0 Å². The molecule has 0 bridgehead atoms. The van der Waals surface area contributed by atoms with E-state index in [1.165, 1.54) is 16.0 Å². The Morgan fingerprint density at radius 2 is 1.90 bits per heavy atom. The number of guanidine groups is 1. The van der Waals surface area contributed by atoms with E-state index in [1.807, 2.05) is 7.05 Å². The average Bonchev–Trinajstić information content (AvgIpc) is 3.04. The molecular weight excluding hydrogens is 278 g/mol. The Bertz CT molecular complexity index is 561. The van der Waals surface area contributed by atoms with Crippen LogP contribution in [0.2, 0.25) is 0 Å². The second-order valence-electron chi connectivity index (χ2n) is 4.80. The molecule has 0 spiro atoms. The van der Waals surface area contributed by atoms with E-state index in [-0.39, 0.29) is 0 Å². The fraction of sp³-hybridized carbons (Fsp3) is 0.353. The highest BCUT2D eigenvalue weighted by molar-refractivity contribution is 7.09. The van der Waals surface area contributed by atoms with Crippen molar-refractivity contribution in [2.45, 2.75) is 26.3 Å². The quantitative estimate of drug-likeness (QED) is 0.635. The lowest BCUT2D eigenvalue weighted by atomic mass is 10.1. The average molecular weight is 301 g/mol. The molecule has 2 rings (SSSR count). The molecule has 0 radical (unpaired) electrons. The highest BCUT2D eigenvalue weighted by atomic mass is 32.1. The van der Waals surface area contributed by atoms with Gasteiger partial charge in [0.05, 0.1) is 0 Å². The Kier molecular flexibility index (Phi) is 6.28. The van der Waals surface area contributed by atoms with Gasteiger partial charge in [-0.25, -0.2) is 0 Å². The van der Waals surface area contributed by atoms with Gasteiger partial charge in [0, 0.05) is 25.0 Å². The number of nitrogens with zero attached hydrogens (tertiary/aromatic N) is 1. The van der Waals surface area contributed by atoms with Gasteiger partial charge in [0.25, 0.3) is 0 Å². The van der Waals surface area contributed by atoms with Crippen LogP contribution in [0.3, 0.4) is 0 Å². The Morgan fingerprint density at radius 1 is 1.10 bits per heavy atom. The van der Waals surface area contributed by atoms with E-state index >= 15 is 0 Å². The van der Waals surface area contributed by atoms with Crippen molar-refractivity contribution in [2.24, 2.45) is 4.99 Å². The molecule has 0 aliphatic rings. The van der Waals surface area contributed by atoms with Crippen LogP contribution in [0.5, 0.6) is 0 Å². The van der Waals surface area contributed by atoms with Crippen molar-refractivity contribution in [3.05, 3.63) is 57.8 Å². The first kappa shape index (κ1) is 15.6. The lowest BCUT2D eigenvalue weighted by Crippen LogP contribution is -2.37. The molecule has 21 heavy (non-hydrogen) atoms. The summed E-state index contributed by atoms with van der Waals surface area (Å²) in [4.78, 5) is 5.67. The van der Waals surface area contributed by atoms with Gasteiger partial charge in [-0.05, 0) is 35.4 Å². The van der Waals surface area contributed by atoms with E-state index in [2.05, 4.69) is 64.3 Å². The van der Waals surface area contributed by atoms with Gasteiger partial charge < -0.3 is 10.6 Å². The molecule has 1 aromatic heterocycles. The fourth-order valence-electron chi connectivity index (χ4n) is 2.23. The molecule has 0 atom stereocenters. The number of hydrogen-bond acceptors (Lipinski definition) is 2. The normalized spacial score (nSPS) is 11.4. The number of hydrogen-bond donors (Lipinski definition) is 2. The highest BCUT2D eigenvalue weighted by Gasteiger charge is 2.02. The standard InChI is InChI=1S/C17H23N3S/c1-3-14-7-4-5-8-15(14)13-20-17(18-2)19-11-10-16-9-6-12-21-16/h4-9,12H,3,10-11,13H2,1-2H3,(H2,18,19,20). The molecule has 0 unspecified atom stereocenters. The maximum atomic E-state index is 4.28. The number of aliphatic imine (C=N–C) groups is 1. The monoisotopic (exact) mass is 301 g/mol. The van der Waals surface area contributed by atoms with E-state index in [0.29, 0.717) is 0 Å². The Hall–Kier alpha value is -1.81. The first-order chi connectivity index (χ1) is 10.3. The zero-order chi connectivity index (χ0) is 14.9. The van der Waals surface area contributed by atoms with Crippen LogP contribution in [-0.2, 0) is 19.4 Å². The topological polar surface area (TPSA) is 36.4 Å². The summed E-state index contributed by atoms with van der Waals surface area (Å²) in [6, 6.07) is 12.8. The lowest BCUT2D eigenvalue weighted by Gasteiger charge is -2.13. The summed E-state index contributed by atoms with van der Waals surface area (Å²) in [6.45, 7) is 3.89. The van der Waals surface area contributed by atoms with Crippen LogP contribution >= 0.6 is 11.3 Å². The fourth-order valence-corrected chi connectivity index (χ4v) is 2.94. The van der Waals surface area contributed by atoms with Crippen LogP contribution in [0.4, 0.5) is 0 Å². The molecule has 2 aromatic rings. The van der Waals surface area contributed by atoms with Crippen molar-refractivity contribution in [2.75, 3.05) is 13.6 Å². The summed E-state index contributed by atoms with van der Waals surface area (Å²) >= 11 is 1.80. The predicted molar refractivity (Wildman–Crippen MR) is 92.0 cm³/mol. The van der Waals surface area contributed by atoms with Gasteiger partial charge in [0.1, 0.15) is 0 Å². The van der Waals surface area contributed by atoms with Gasteiger partial charge >= 0.3 is 0 Å². The lowest BCUT2D eigenvalue weighted by molar-refractivity contribution is 0.794. The van der Waals surface area contributed by atoms with Gasteiger partial charge in [-0.2, -0.15) is 0 Å². The number of aryl methyl sites for hydroxylation is 1. The molecule has 1 heterocycles. The molecule has 112 valence electrons. The molecule has 0 amide bonds. The summed E-state index contributed by atoms with van der Waals surface area (Å²) < 4.78 is 0. The summed E-state index contributed by atoms with van der Waals surface area (Å²) in [7, 11) is 1.81. The number of benzene rings is 1. The summed E-state index contributed by atoms with van der Waals surface area (Å²) in [5.41, 5.74) is 2.72. The van der Waals surface area contributed by atoms with Gasteiger partial charge in [-0.1, -0.05) is 37.3 Å². The molecular formula is C17H23N3S. The third kappa shape index (κ3) is 4.90. The molecule has 2 N–H and O–H groups in total. The maximum absolute atomic E-state index is 4.28. The minimum atomic E-state index is 0.808. The van der Waals surface area contributed by atoms with Gasteiger partial charge in [-0.15, -0.1) is 11.3 Å². The second kappa shape index (κ2) is 8.47. The van der Waals surface area contributed by atoms with E-state index in [9.17, 15) is 0 Å². The van der Waals surface area contributed by atoms with Gasteiger partial charge in [0.2, 0.25) is 0 Å². The Balaban J connectivity index is 1.80. The van der Waals surface area contributed by atoms with E-state index < -0.39 is 0 Å². The summed E-state index contributed by atoms with van der Waals surface area (Å²) in [6.07, 6.45) is 2.09. The van der Waals surface area contributed by atoms with Gasteiger partial charge in [-0.3, -0.25) is 4.99 Å². The number of nitrogens with one attached hydrogen (secondary N) is 2. The zero-order valence-electron chi connectivity index (χ0n) is 12.7. The third-order valence-electron chi connectivity index (χ3n) is 3.41. The van der Waals surface area contributed by atoms with E-state index in [1.54, 1.807) is 11.3 Å². The van der Waals surface area contributed by atoms with Crippen LogP contribution in [-0.4, -0.2) is 19.6 Å². The minimum Gasteiger partial charge on any atom is -0.356 e. The van der Waals surface area contributed by atoms with Crippen LogP contribution in [0.1, 0.15) is 22.9 Å². The number of rotatable bonds is 6. The molecule has 1 aromatic carbocycles. The zero-order valence-corrected chi connectivity index (χ0v) is 13.5. The van der Waals surface area contributed by atoms with Crippen LogP contribution in [0.15, 0.2) is 46.8 Å². The summed E-state index contributed by atoms with van der Waals surface area (Å²) in [5, 5.41) is 8.86. The number of thiophene rings is 1. The molecule has 0 fully saturated rings. The second-order valence-corrected chi connectivity index (χ2v) is 5.84. The van der Waals surface area contributed by atoms with Crippen molar-refractivity contribution < 1.29 is 0 Å². The third-order valence-corrected chi connectivity index (χ3v) is 4.35. The van der Waals surface area contributed by atoms with Gasteiger partial charge in [0.15, 0.2) is 5.96 Å². The molecule has 3 nitrogen and oxygen atoms in total. The van der Waals surface area contributed by atoms with Crippen LogP contribution in [0, 0.1) is 0 Å². The van der Waals surface area contributed by atoms with Crippen molar-refractivity contribution in [1.82, 2.24) is 10.6 Å². The first-order valence-electron chi connectivity index (χ1n) is 7.37. The highest BCUT2D eigenvalue weighted by Crippen LogP contribution is 2.09. The smallest absolute Gasteiger partial charge is 0.191 e.